The molecule has 0 saturated heterocycles. The third-order valence-corrected chi connectivity index (χ3v) is 5.11. The Kier molecular flexibility index (Phi) is 6.82. The summed E-state index contributed by atoms with van der Waals surface area (Å²) in [6.45, 7) is 4.36. The quantitative estimate of drug-likeness (QED) is 0.783. The summed E-state index contributed by atoms with van der Waals surface area (Å²) < 4.78 is 0.690. The molecule has 2 rings (SSSR count). The first-order chi connectivity index (χ1) is 11.5. The maximum atomic E-state index is 12.5. The van der Waals surface area contributed by atoms with Crippen LogP contribution in [-0.2, 0) is 11.3 Å². The molecule has 0 radical (unpaired) electrons. The average molecular weight is 365 g/mol. The summed E-state index contributed by atoms with van der Waals surface area (Å²) in [5.41, 5.74) is 0.545. The molecule has 24 heavy (non-hydrogen) atoms. The normalized spacial score (nSPS) is 13.1. The summed E-state index contributed by atoms with van der Waals surface area (Å²) in [6.07, 6.45) is 0.790. The summed E-state index contributed by atoms with van der Waals surface area (Å²) in [4.78, 5) is 25.9. The Hall–Kier alpha value is -1.85. The number of rotatable bonds is 7. The lowest BCUT2D eigenvalue weighted by molar-refractivity contribution is -0.124. The number of nitrogens with one attached hydrogen (secondary N) is 2. The molecule has 2 aromatic rings. The van der Waals surface area contributed by atoms with Crippen molar-refractivity contribution in [3.05, 3.63) is 57.2 Å². The van der Waals surface area contributed by atoms with Crippen molar-refractivity contribution in [3.8, 4) is 0 Å². The lowest BCUT2D eigenvalue weighted by Gasteiger charge is -2.23. The second-order valence-electron chi connectivity index (χ2n) is 5.63. The predicted octanol–water partition coefficient (Wildman–Crippen LogP) is 3.86. The number of carbonyl (C=O) groups is 2. The van der Waals surface area contributed by atoms with Crippen LogP contribution in [0.2, 0.25) is 4.34 Å². The zero-order valence-corrected chi connectivity index (χ0v) is 15.3. The van der Waals surface area contributed by atoms with Gasteiger partial charge < -0.3 is 10.6 Å². The molecule has 6 heteroatoms. The zero-order valence-electron chi connectivity index (χ0n) is 13.7. The highest BCUT2D eigenvalue weighted by atomic mass is 35.5. The van der Waals surface area contributed by atoms with Crippen molar-refractivity contribution in [2.75, 3.05) is 0 Å². The molecular weight excluding hydrogens is 344 g/mol. The van der Waals surface area contributed by atoms with Crippen molar-refractivity contribution in [1.82, 2.24) is 10.6 Å². The molecule has 0 aliphatic rings. The highest BCUT2D eigenvalue weighted by molar-refractivity contribution is 7.16. The second kappa shape index (κ2) is 8.85. The van der Waals surface area contributed by atoms with Gasteiger partial charge in [-0.1, -0.05) is 50.1 Å². The van der Waals surface area contributed by atoms with Crippen LogP contribution in [0.1, 0.15) is 35.5 Å². The molecule has 1 aromatic carbocycles. The molecule has 2 unspecified atom stereocenters. The maximum absolute atomic E-state index is 12.5. The molecule has 0 aliphatic heterocycles. The Balaban J connectivity index is 2.01. The zero-order chi connectivity index (χ0) is 17.5. The van der Waals surface area contributed by atoms with Crippen molar-refractivity contribution in [2.45, 2.75) is 32.9 Å². The lowest BCUT2D eigenvalue weighted by Crippen LogP contribution is -2.50. The van der Waals surface area contributed by atoms with E-state index >= 15 is 0 Å². The standard InChI is InChI=1S/C18H21ClN2O2S/c1-3-12(2)16(21-17(22)13-7-5-4-6-8-13)18(23)20-11-14-9-10-15(19)24-14/h4-10,12,16H,3,11H2,1-2H3,(H,20,23)(H,21,22). The maximum Gasteiger partial charge on any atom is 0.251 e. The number of amides is 2. The van der Waals surface area contributed by atoms with Crippen LogP contribution in [-0.4, -0.2) is 17.9 Å². The molecule has 1 aromatic heterocycles. The van der Waals surface area contributed by atoms with Gasteiger partial charge in [-0.2, -0.15) is 0 Å². The Labute approximate surface area is 151 Å². The van der Waals surface area contributed by atoms with Crippen molar-refractivity contribution < 1.29 is 9.59 Å². The van der Waals surface area contributed by atoms with Crippen molar-refractivity contribution in [1.29, 1.82) is 0 Å². The predicted molar refractivity (Wildman–Crippen MR) is 98.3 cm³/mol. The van der Waals surface area contributed by atoms with Gasteiger partial charge in [0.15, 0.2) is 0 Å². The van der Waals surface area contributed by atoms with Crippen LogP contribution in [0.3, 0.4) is 0 Å². The first-order valence-electron chi connectivity index (χ1n) is 7.89. The van der Waals surface area contributed by atoms with Crippen molar-refractivity contribution in [3.63, 3.8) is 0 Å². The molecule has 128 valence electrons. The van der Waals surface area contributed by atoms with Gasteiger partial charge in [0.1, 0.15) is 6.04 Å². The van der Waals surface area contributed by atoms with Crippen LogP contribution in [0.25, 0.3) is 0 Å². The molecular formula is C18H21ClN2O2S. The van der Waals surface area contributed by atoms with E-state index in [1.54, 1.807) is 30.3 Å². The van der Waals surface area contributed by atoms with Crippen LogP contribution in [0.15, 0.2) is 42.5 Å². The van der Waals surface area contributed by atoms with E-state index in [2.05, 4.69) is 10.6 Å². The van der Waals surface area contributed by atoms with Gasteiger partial charge in [-0.15, -0.1) is 11.3 Å². The second-order valence-corrected chi connectivity index (χ2v) is 7.43. The molecule has 0 aliphatic carbocycles. The third kappa shape index (κ3) is 5.08. The van der Waals surface area contributed by atoms with Crippen molar-refractivity contribution >= 4 is 34.8 Å². The van der Waals surface area contributed by atoms with Crippen LogP contribution >= 0.6 is 22.9 Å². The Bertz CT molecular complexity index is 687. The smallest absolute Gasteiger partial charge is 0.251 e. The molecule has 0 saturated carbocycles. The van der Waals surface area contributed by atoms with Gasteiger partial charge in [-0.25, -0.2) is 0 Å². The molecule has 2 amide bonds. The van der Waals surface area contributed by atoms with E-state index < -0.39 is 6.04 Å². The molecule has 1 heterocycles. The van der Waals surface area contributed by atoms with E-state index in [4.69, 9.17) is 11.6 Å². The number of benzene rings is 1. The fourth-order valence-electron chi connectivity index (χ4n) is 2.25. The highest BCUT2D eigenvalue weighted by Crippen LogP contribution is 2.21. The van der Waals surface area contributed by atoms with E-state index in [0.29, 0.717) is 16.4 Å². The van der Waals surface area contributed by atoms with Gasteiger partial charge in [0, 0.05) is 10.4 Å². The summed E-state index contributed by atoms with van der Waals surface area (Å²) in [7, 11) is 0. The molecule has 2 N–H and O–H groups in total. The molecule has 0 fully saturated rings. The monoisotopic (exact) mass is 364 g/mol. The Morgan fingerprint density at radius 3 is 2.46 bits per heavy atom. The number of hydrogen-bond donors (Lipinski definition) is 2. The van der Waals surface area contributed by atoms with E-state index in [-0.39, 0.29) is 17.7 Å². The number of carbonyl (C=O) groups excluding carboxylic acids is 2. The fourth-order valence-corrected chi connectivity index (χ4v) is 3.27. The third-order valence-electron chi connectivity index (χ3n) is 3.88. The van der Waals surface area contributed by atoms with Gasteiger partial charge in [0.2, 0.25) is 5.91 Å². The fraction of sp³-hybridized carbons (Fsp3) is 0.333. The topological polar surface area (TPSA) is 58.2 Å². The first-order valence-corrected chi connectivity index (χ1v) is 9.08. The number of hydrogen-bond acceptors (Lipinski definition) is 3. The van der Waals surface area contributed by atoms with Crippen LogP contribution in [0, 0.1) is 5.92 Å². The largest absolute Gasteiger partial charge is 0.349 e. The van der Waals surface area contributed by atoms with Gasteiger partial charge in [-0.3, -0.25) is 9.59 Å². The summed E-state index contributed by atoms with van der Waals surface area (Å²) >= 11 is 7.33. The summed E-state index contributed by atoms with van der Waals surface area (Å²) in [6, 6.07) is 12.0. The van der Waals surface area contributed by atoms with Gasteiger partial charge in [0.25, 0.3) is 5.91 Å². The average Bonchev–Trinajstić information content (AvgIpc) is 3.02. The highest BCUT2D eigenvalue weighted by Gasteiger charge is 2.26. The summed E-state index contributed by atoms with van der Waals surface area (Å²) in [5.74, 6) is -0.391. The summed E-state index contributed by atoms with van der Waals surface area (Å²) in [5, 5.41) is 5.73. The lowest BCUT2D eigenvalue weighted by atomic mass is 9.98. The molecule has 0 bridgehead atoms. The van der Waals surface area contributed by atoms with E-state index in [1.165, 1.54) is 11.3 Å². The van der Waals surface area contributed by atoms with Crippen molar-refractivity contribution in [2.24, 2.45) is 5.92 Å². The van der Waals surface area contributed by atoms with Crippen LogP contribution in [0.5, 0.6) is 0 Å². The first kappa shape index (κ1) is 18.5. The molecule has 0 spiro atoms. The number of halogens is 1. The number of thiophene rings is 1. The minimum absolute atomic E-state index is 0.0320. The van der Waals surface area contributed by atoms with E-state index in [9.17, 15) is 9.59 Å². The van der Waals surface area contributed by atoms with E-state index in [1.807, 2.05) is 26.0 Å². The Morgan fingerprint density at radius 2 is 1.88 bits per heavy atom. The van der Waals surface area contributed by atoms with Gasteiger partial charge >= 0.3 is 0 Å². The molecule has 4 nitrogen and oxygen atoms in total. The van der Waals surface area contributed by atoms with Gasteiger partial charge in [0.05, 0.1) is 10.9 Å². The Morgan fingerprint density at radius 1 is 1.17 bits per heavy atom. The minimum Gasteiger partial charge on any atom is -0.349 e. The van der Waals surface area contributed by atoms with Gasteiger partial charge in [-0.05, 0) is 30.2 Å². The van der Waals surface area contributed by atoms with Crippen LogP contribution < -0.4 is 10.6 Å². The SMILES string of the molecule is CCC(C)C(NC(=O)c1ccccc1)C(=O)NCc1ccc(Cl)s1. The van der Waals surface area contributed by atoms with Crippen LogP contribution in [0.4, 0.5) is 0 Å². The minimum atomic E-state index is -0.571. The van der Waals surface area contributed by atoms with E-state index in [0.717, 1.165) is 11.3 Å². The molecule has 2 atom stereocenters.